The second kappa shape index (κ2) is 14.0. The molecule has 0 heterocycles. The number of hydrogen-bond acceptors (Lipinski definition) is 6. The van der Waals surface area contributed by atoms with Gasteiger partial charge in [0.15, 0.2) is 10.8 Å². The molecule has 0 aliphatic heterocycles. The van der Waals surface area contributed by atoms with E-state index in [0.717, 1.165) is 18.6 Å². The highest BCUT2D eigenvalue weighted by molar-refractivity contribution is 8.12. The molecule has 2 rings (SSSR count). The monoisotopic (exact) mass is 462 g/mol. The summed E-state index contributed by atoms with van der Waals surface area (Å²) in [6.45, 7) is 8.53. The molecule has 0 N–H and O–H groups in total. The third-order valence-corrected chi connectivity index (χ3v) is 5.78. The van der Waals surface area contributed by atoms with Crippen molar-refractivity contribution in [2.24, 2.45) is 0 Å². The van der Waals surface area contributed by atoms with Crippen LogP contribution in [0.3, 0.4) is 0 Å². The highest BCUT2D eigenvalue weighted by Crippen LogP contribution is 2.22. The Morgan fingerprint density at radius 3 is 1.72 bits per heavy atom. The van der Waals surface area contributed by atoms with E-state index in [1.807, 2.05) is 23.1 Å². The van der Waals surface area contributed by atoms with E-state index in [4.69, 9.17) is 0 Å². The average Bonchev–Trinajstić information content (AvgIpc) is 2.79. The van der Waals surface area contributed by atoms with E-state index >= 15 is 0 Å². The molecule has 2 atom stereocenters. The first kappa shape index (κ1) is 26.9. The zero-order valence-electron chi connectivity index (χ0n) is 18.8. The quantitative estimate of drug-likeness (QED) is 0.341. The Kier molecular flexibility index (Phi) is 11.8. The fraction of sp³-hybridized carbons (Fsp3) is 0.409. The highest BCUT2D eigenvalue weighted by atomic mass is 32.2. The average molecular weight is 463 g/mol. The first-order valence-corrected chi connectivity index (χ1v) is 11.3. The smallest absolute Gasteiger partial charge is 0.282 e. The number of nitrogens with zero attached hydrogens (tertiary/aromatic N) is 4. The van der Waals surface area contributed by atoms with Crippen molar-refractivity contribution in [3.8, 4) is 0 Å². The van der Waals surface area contributed by atoms with E-state index < -0.39 is 10.1 Å². The fourth-order valence-electron chi connectivity index (χ4n) is 2.79. The van der Waals surface area contributed by atoms with Gasteiger partial charge in [-0.1, -0.05) is 74.1 Å². The number of para-hydroxylation sites is 1. The number of nitro groups is 2. The maximum Gasteiger partial charge on any atom is 0.282 e. The minimum Gasteiger partial charge on any atom is -0.328 e. The molecule has 0 aliphatic rings. The molecule has 174 valence electrons. The number of anilines is 1. The Morgan fingerprint density at radius 2 is 1.31 bits per heavy atom. The fourth-order valence-corrected chi connectivity index (χ4v) is 3.78. The maximum absolute atomic E-state index is 12.4. The molecule has 0 saturated heterocycles. The summed E-state index contributed by atoms with van der Waals surface area (Å²) in [5, 5.41) is 18.3. The minimum atomic E-state index is -1.09. The van der Waals surface area contributed by atoms with Gasteiger partial charge in [-0.25, -0.2) is 20.2 Å². The Balaban J connectivity index is 0.000000343. The van der Waals surface area contributed by atoms with Crippen LogP contribution in [0, 0.1) is 20.2 Å². The van der Waals surface area contributed by atoms with Gasteiger partial charge in [0.25, 0.3) is 5.24 Å². The van der Waals surface area contributed by atoms with Crippen molar-refractivity contribution >= 4 is 22.7 Å². The van der Waals surface area contributed by atoms with Gasteiger partial charge in [-0.3, -0.25) is 4.79 Å². The molecule has 0 bridgehead atoms. The summed E-state index contributed by atoms with van der Waals surface area (Å²) in [7, 11) is 0. The molecule has 10 heteroatoms. The number of hydrazine groups is 2. The van der Waals surface area contributed by atoms with Gasteiger partial charge in [-0.2, -0.15) is 0 Å². The van der Waals surface area contributed by atoms with Gasteiger partial charge >= 0.3 is 0 Å². The van der Waals surface area contributed by atoms with Crippen LogP contribution < -0.4 is 5.12 Å². The predicted molar refractivity (Wildman–Crippen MR) is 127 cm³/mol. The summed E-state index contributed by atoms with van der Waals surface area (Å²) in [4.78, 5) is 34.9. The lowest BCUT2D eigenvalue weighted by Crippen LogP contribution is -2.42. The summed E-state index contributed by atoms with van der Waals surface area (Å²) in [6.07, 6.45) is 2.00. The van der Waals surface area contributed by atoms with Gasteiger partial charge in [0.1, 0.15) is 0 Å². The van der Waals surface area contributed by atoms with Gasteiger partial charge in [0.05, 0.1) is 0 Å². The Hall–Kier alpha value is -3.14. The van der Waals surface area contributed by atoms with Crippen molar-refractivity contribution in [3.05, 3.63) is 86.5 Å². The van der Waals surface area contributed by atoms with Crippen molar-refractivity contribution in [3.63, 3.8) is 0 Å². The summed E-state index contributed by atoms with van der Waals surface area (Å²) in [5.41, 5.74) is 1.12. The molecule has 2 unspecified atom stereocenters. The van der Waals surface area contributed by atoms with Crippen LogP contribution in [0.25, 0.3) is 0 Å². The van der Waals surface area contributed by atoms with Crippen LogP contribution in [0.5, 0.6) is 0 Å². The normalized spacial score (nSPS) is 12.0. The van der Waals surface area contributed by atoms with Crippen LogP contribution in [0.15, 0.2) is 60.7 Å². The van der Waals surface area contributed by atoms with Gasteiger partial charge < -0.3 is 4.90 Å². The van der Waals surface area contributed by atoms with Crippen molar-refractivity contribution in [1.29, 1.82) is 0 Å². The van der Waals surface area contributed by atoms with E-state index in [-0.39, 0.29) is 16.0 Å². The van der Waals surface area contributed by atoms with Crippen LogP contribution in [0.4, 0.5) is 10.5 Å². The molecule has 0 spiro atoms. The topological polar surface area (TPSA) is 110 Å². The SMILES string of the molecule is CCC(C)N(C(=O)SCc1ccccc1)C(C)CC.O=[N+]([O-])N(c1ccccc1)[N+](=O)[O-]. The van der Waals surface area contributed by atoms with Crippen LogP contribution in [-0.2, 0) is 5.75 Å². The number of carbonyl (C=O) groups excluding carboxylic acids is 1. The van der Waals surface area contributed by atoms with Crippen LogP contribution in [0.1, 0.15) is 46.1 Å². The first-order valence-electron chi connectivity index (χ1n) is 10.4. The molecule has 0 radical (unpaired) electrons. The number of thioether (sulfide) groups is 1. The standard InChI is InChI=1S/C16H25NOS.C6H5N3O4/c1-5-13(3)17(14(4)6-2)16(18)19-12-15-10-8-7-9-11-15;10-8(11)7(9(12)13)6-4-2-1-3-5-6/h7-11,13-14H,5-6,12H2,1-4H3;1-5H. The Labute approximate surface area is 192 Å². The number of amides is 1. The van der Waals surface area contributed by atoms with E-state index in [1.54, 1.807) is 6.07 Å². The number of carbonyl (C=O) groups is 1. The van der Waals surface area contributed by atoms with E-state index in [2.05, 4.69) is 39.8 Å². The van der Waals surface area contributed by atoms with Crippen molar-refractivity contribution in [1.82, 2.24) is 4.90 Å². The van der Waals surface area contributed by atoms with E-state index in [9.17, 15) is 25.0 Å². The molecule has 9 nitrogen and oxygen atoms in total. The minimum absolute atomic E-state index is 0.0856. The second-order valence-corrected chi connectivity index (χ2v) is 7.99. The number of hydrogen-bond donors (Lipinski definition) is 0. The highest BCUT2D eigenvalue weighted by Gasteiger charge is 2.29. The maximum atomic E-state index is 12.4. The largest absolute Gasteiger partial charge is 0.328 e. The molecule has 2 aromatic rings. The zero-order valence-corrected chi connectivity index (χ0v) is 19.6. The molecular weight excluding hydrogens is 432 g/mol. The van der Waals surface area contributed by atoms with Crippen molar-refractivity contribution < 1.29 is 14.9 Å². The number of benzene rings is 2. The Bertz CT molecular complexity index is 830. The van der Waals surface area contributed by atoms with Gasteiger partial charge in [0.2, 0.25) is 10.1 Å². The lowest BCUT2D eigenvalue weighted by atomic mass is 10.1. The third kappa shape index (κ3) is 8.54. The molecule has 1 amide bonds. The van der Waals surface area contributed by atoms with Crippen LogP contribution in [0.2, 0.25) is 0 Å². The van der Waals surface area contributed by atoms with Crippen molar-refractivity contribution in [2.75, 3.05) is 5.12 Å². The molecule has 0 saturated carbocycles. The summed E-state index contributed by atoms with van der Waals surface area (Å²) >= 11 is 1.41. The lowest BCUT2D eigenvalue weighted by Gasteiger charge is -2.33. The van der Waals surface area contributed by atoms with Gasteiger partial charge in [-0.15, -0.1) is 0 Å². The second-order valence-electron chi connectivity index (χ2n) is 7.06. The first-order chi connectivity index (χ1) is 15.2. The van der Waals surface area contributed by atoms with Crippen LogP contribution >= 0.6 is 11.8 Å². The Morgan fingerprint density at radius 1 is 0.875 bits per heavy atom. The summed E-state index contributed by atoms with van der Waals surface area (Å²) in [5.74, 6) is 0.753. The molecular formula is C22H30N4O5S. The summed E-state index contributed by atoms with van der Waals surface area (Å²) < 4.78 is 0. The molecule has 32 heavy (non-hydrogen) atoms. The molecule has 0 aliphatic carbocycles. The lowest BCUT2D eigenvalue weighted by molar-refractivity contribution is -0.711. The molecule has 0 fully saturated rings. The third-order valence-electron chi connectivity index (χ3n) is 4.84. The van der Waals surface area contributed by atoms with Crippen molar-refractivity contribution in [2.45, 2.75) is 58.4 Å². The predicted octanol–water partition coefficient (Wildman–Crippen LogP) is 5.82. The van der Waals surface area contributed by atoms with E-state index in [1.165, 1.54) is 41.6 Å². The van der Waals surface area contributed by atoms with Gasteiger partial charge in [0, 0.05) is 17.8 Å². The van der Waals surface area contributed by atoms with E-state index in [0.29, 0.717) is 12.1 Å². The van der Waals surface area contributed by atoms with Crippen LogP contribution in [-0.4, -0.2) is 32.3 Å². The molecule has 2 aromatic carbocycles. The zero-order chi connectivity index (χ0) is 24.1. The molecule has 0 aromatic heterocycles. The number of rotatable bonds is 9. The van der Waals surface area contributed by atoms with Gasteiger partial charge in [-0.05, 0) is 44.4 Å². The summed E-state index contributed by atoms with van der Waals surface area (Å²) in [6, 6.07) is 17.9.